The van der Waals surface area contributed by atoms with Crippen LogP contribution in [0.25, 0.3) is 0 Å². The molecule has 0 aromatic carbocycles. The van der Waals surface area contributed by atoms with Crippen LogP contribution >= 0.6 is 0 Å². The summed E-state index contributed by atoms with van der Waals surface area (Å²) in [5.74, 6) is 0. The van der Waals surface area contributed by atoms with Crippen molar-refractivity contribution in [3.05, 3.63) is 0 Å². The van der Waals surface area contributed by atoms with Crippen LogP contribution in [-0.2, 0) is 4.74 Å². The van der Waals surface area contributed by atoms with Crippen molar-refractivity contribution < 1.29 is 14.3 Å². The van der Waals surface area contributed by atoms with Gasteiger partial charge in [0.25, 0.3) is 0 Å². The highest BCUT2D eigenvalue weighted by Crippen LogP contribution is 2.17. The summed E-state index contributed by atoms with van der Waals surface area (Å²) >= 11 is 0. The van der Waals surface area contributed by atoms with Gasteiger partial charge in [0.05, 0.1) is 6.61 Å². The van der Waals surface area contributed by atoms with Gasteiger partial charge in [0, 0.05) is 19.1 Å². The highest BCUT2D eigenvalue weighted by molar-refractivity contribution is 5.91. The number of amides is 3. The van der Waals surface area contributed by atoms with Crippen molar-refractivity contribution in [3.8, 4) is 0 Å². The number of hydrogen-bond donors (Lipinski definition) is 2. The summed E-state index contributed by atoms with van der Waals surface area (Å²) < 4.78 is 4.81. The fraction of sp³-hybridized carbons (Fsp3) is 0.818. The highest BCUT2D eigenvalue weighted by Gasteiger charge is 2.25. The molecule has 0 aromatic rings. The molecule has 0 aromatic heterocycles. The molecule has 0 aliphatic heterocycles. The first-order valence-electron chi connectivity index (χ1n) is 6.14. The first-order valence-corrected chi connectivity index (χ1v) is 6.14. The van der Waals surface area contributed by atoms with Crippen LogP contribution in [-0.4, -0.2) is 42.8 Å². The molecule has 6 nitrogen and oxygen atoms in total. The van der Waals surface area contributed by atoms with Gasteiger partial charge in [-0.15, -0.1) is 0 Å². The second-order valence-corrected chi connectivity index (χ2v) is 4.07. The number of imide groups is 1. The lowest BCUT2D eigenvalue weighted by molar-refractivity contribution is 0.114. The lowest BCUT2D eigenvalue weighted by atomic mass is 10.2. The van der Waals surface area contributed by atoms with E-state index in [9.17, 15) is 9.59 Å². The predicted molar refractivity (Wildman–Crippen MR) is 63.6 cm³/mol. The minimum absolute atomic E-state index is 0.178. The molecule has 1 saturated carbocycles. The minimum atomic E-state index is -0.631. The summed E-state index contributed by atoms with van der Waals surface area (Å²) in [7, 11) is 0. The molecule has 1 fully saturated rings. The van der Waals surface area contributed by atoms with Crippen LogP contribution in [0.2, 0.25) is 0 Å². The minimum Gasteiger partial charge on any atom is -0.449 e. The first-order chi connectivity index (χ1) is 8.19. The molecule has 6 heteroatoms. The van der Waals surface area contributed by atoms with E-state index in [1.807, 2.05) is 0 Å². The van der Waals surface area contributed by atoms with Crippen LogP contribution in [0.1, 0.15) is 32.6 Å². The van der Waals surface area contributed by atoms with E-state index in [-0.39, 0.29) is 25.7 Å². The number of nitrogens with zero attached hydrogens (tertiary/aromatic N) is 1. The molecule has 0 radical (unpaired) electrons. The van der Waals surface area contributed by atoms with Gasteiger partial charge in [-0.2, -0.15) is 0 Å². The van der Waals surface area contributed by atoms with E-state index >= 15 is 0 Å². The largest absolute Gasteiger partial charge is 0.449 e. The normalized spacial score (nSPS) is 15.6. The summed E-state index contributed by atoms with van der Waals surface area (Å²) in [6, 6.07) is -0.224. The molecule has 3 amide bonds. The van der Waals surface area contributed by atoms with Gasteiger partial charge in [-0.25, -0.2) is 14.5 Å². The number of carbonyl (C=O) groups is 2. The van der Waals surface area contributed by atoms with Gasteiger partial charge < -0.3 is 15.8 Å². The van der Waals surface area contributed by atoms with Gasteiger partial charge in [-0.3, -0.25) is 0 Å². The van der Waals surface area contributed by atoms with E-state index in [2.05, 4.69) is 5.32 Å². The lowest BCUT2D eigenvalue weighted by Gasteiger charge is -2.22. The Bertz CT molecular complexity index is 265. The molecule has 3 N–H and O–H groups in total. The van der Waals surface area contributed by atoms with Gasteiger partial charge in [0.2, 0.25) is 0 Å². The smallest absolute Gasteiger partial charge is 0.418 e. The van der Waals surface area contributed by atoms with Crippen LogP contribution in [0.4, 0.5) is 9.59 Å². The summed E-state index contributed by atoms with van der Waals surface area (Å²) in [6.07, 6.45) is 3.58. The molecule has 17 heavy (non-hydrogen) atoms. The Labute approximate surface area is 101 Å². The lowest BCUT2D eigenvalue weighted by Crippen LogP contribution is -2.48. The molecule has 0 bridgehead atoms. The molecule has 1 aliphatic carbocycles. The Balaban J connectivity index is 2.49. The van der Waals surface area contributed by atoms with Crippen LogP contribution < -0.4 is 11.1 Å². The maximum absolute atomic E-state index is 11.9. The van der Waals surface area contributed by atoms with Gasteiger partial charge in [0.1, 0.15) is 0 Å². The fourth-order valence-corrected chi connectivity index (χ4v) is 1.93. The SMILES string of the molecule is CCOC(=O)N(CCN)C(=O)NC1CCCC1. The Kier molecular flexibility index (Phi) is 5.76. The number of carbonyl (C=O) groups excluding carboxylic acids is 2. The van der Waals surface area contributed by atoms with E-state index in [0.717, 1.165) is 30.6 Å². The zero-order valence-corrected chi connectivity index (χ0v) is 10.3. The van der Waals surface area contributed by atoms with Gasteiger partial charge in [0.15, 0.2) is 0 Å². The van der Waals surface area contributed by atoms with E-state index < -0.39 is 12.1 Å². The molecular formula is C11H21N3O3. The molecule has 0 atom stereocenters. The highest BCUT2D eigenvalue weighted by atomic mass is 16.6. The molecule has 1 rings (SSSR count). The monoisotopic (exact) mass is 243 g/mol. The summed E-state index contributed by atoms with van der Waals surface area (Å²) in [5, 5.41) is 2.83. The molecule has 0 saturated heterocycles. The van der Waals surface area contributed by atoms with Gasteiger partial charge >= 0.3 is 12.1 Å². The van der Waals surface area contributed by atoms with E-state index in [0.29, 0.717) is 0 Å². The van der Waals surface area contributed by atoms with Crippen molar-refractivity contribution in [2.45, 2.75) is 38.6 Å². The maximum atomic E-state index is 11.9. The number of rotatable bonds is 4. The van der Waals surface area contributed by atoms with Crippen molar-refractivity contribution in [3.63, 3.8) is 0 Å². The Morgan fingerprint density at radius 2 is 2.06 bits per heavy atom. The fourth-order valence-electron chi connectivity index (χ4n) is 1.93. The summed E-state index contributed by atoms with van der Waals surface area (Å²) in [6.45, 7) is 2.36. The third-order valence-corrected chi connectivity index (χ3v) is 2.77. The maximum Gasteiger partial charge on any atom is 0.418 e. The third-order valence-electron chi connectivity index (χ3n) is 2.77. The topological polar surface area (TPSA) is 84.7 Å². The molecule has 0 heterocycles. The number of urea groups is 1. The molecule has 0 unspecified atom stereocenters. The van der Waals surface area contributed by atoms with Crippen LogP contribution in [0.5, 0.6) is 0 Å². The molecule has 1 aliphatic rings. The molecule has 0 spiro atoms. The number of nitrogens with two attached hydrogens (primary N) is 1. The Morgan fingerprint density at radius 1 is 1.41 bits per heavy atom. The van der Waals surface area contributed by atoms with Crippen LogP contribution in [0, 0.1) is 0 Å². The quantitative estimate of drug-likeness (QED) is 0.773. The number of ether oxygens (including phenoxy) is 1. The zero-order chi connectivity index (χ0) is 12.7. The van der Waals surface area contributed by atoms with Crippen LogP contribution in [0.15, 0.2) is 0 Å². The first kappa shape index (κ1) is 13.8. The van der Waals surface area contributed by atoms with E-state index in [4.69, 9.17) is 10.5 Å². The second-order valence-electron chi connectivity index (χ2n) is 4.07. The van der Waals surface area contributed by atoms with Gasteiger partial charge in [-0.1, -0.05) is 12.8 Å². The van der Waals surface area contributed by atoms with E-state index in [1.165, 1.54) is 0 Å². The summed E-state index contributed by atoms with van der Waals surface area (Å²) in [4.78, 5) is 24.4. The van der Waals surface area contributed by atoms with Gasteiger partial charge in [-0.05, 0) is 19.8 Å². The predicted octanol–water partition coefficient (Wildman–Crippen LogP) is 1.06. The average molecular weight is 243 g/mol. The Morgan fingerprint density at radius 3 is 2.59 bits per heavy atom. The average Bonchev–Trinajstić information content (AvgIpc) is 2.78. The van der Waals surface area contributed by atoms with E-state index in [1.54, 1.807) is 6.92 Å². The zero-order valence-electron chi connectivity index (χ0n) is 10.3. The number of hydrogen-bond acceptors (Lipinski definition) is 4. The Hall–Kier alpha value is -1.30. The van der Waals surface area contributed by atoms with Crippen molar-refractivity contribution >= 4 is 12.1 Å². The summed E-state index contributed by atoms with van der Waals surface area (Å²) in [5.41, 5.74) is 5.38. The van der Waals surface area contributed by atoms with Crippen molar-refractivity contribution in [1.82, 2.24) is 10.2 Å². The molecule has 98 valence electrons. The van der Waals surface area contributed by atoms with Crippen LogP contribution in [0.3, 0.4) is 0 Å². The molecular weight excluding hydrogens is 222 g/mol. The third kappa shape index (κ3) is 4.22. The number of nitrogens with one attached hydrogen (secondary N) is 1. The second kappa shape index (κ2) is 7.11. The van der Waals surface area contributed by atoms with Crippen molar-refractivity contribution in [2.24, 2.45) is 5.73 Å². The van der Waals surface area contributed by atoms with Crippen molar-refractivity contribution in [2.75, 3.05) is 19.7 Å². The standard InChI is InChI=1S/C11H21N3O3/c1-2-17-11(16)14(8-7-12)10(15)13-9-5-3-4-6-9/h9H,2-8,12H2,1H3,(H,13,15). The van der Waals surface area contributed by atoms with Crippen molar-refractivity contribution in [1.29, 1.82) is 0 Å².